The van der Waals surface area contributed by atoms with Crippen molar-refractivity contribution in [3.05, 3.63) is 109 Å². The predicted molar refractivity (Wildman–Crippen MR) is 170 cm³/mol. The molecule has 2 N–H and O–H groups in total. The highest BCUT2D eigenvalue weighted by Crippen LogP contribution is 2.35. The predicted octanol–water partition coefficient (Wildman–Crippen LogP) is 5.06. The van der Waals surface area contributed by atoms with Gasteiger partial charge in [-0.25, -0.2) is 15.0 Å². The number of pyridine rings is 2. The highest BCUT2D eigenvalue weighted by atomic mass is 16.3. The number of hydrogen-bond donors (Lipinski definition) is 2. The fourth-order valence-corrected chi connectivity index (χ4v) is 6.19. The highest BCUT2D eigenvalue weighted by molar-refractivity contribution is 5.98. The molecule has 0 aliphatic carbocycles. The minimum Gasteiger partial charge on any atom is -0.388 e. The van der Waals surface area contributed by atoms with E-state index in [1.54, 1.807) is 18.6 Å². The number of likely N-dealkylation sites (tertiary alicyclic amines) is 1. The molecule has 11 nitrogen and oxygen atoms in total. The van der Waals surface area contributed by atoms with Crippen LogP contribution in [-0.2, 0) is 13.2 Å². The molecule has 1 fully saturated rings. The molecule has 1 saturated heterocycles. The Kier molecular flexibility index (Phi) is 7.01. The Hall–Kier alpha value is -5.39. The SMILES string of the molecule is OCc1nnc2c3cc(-c4ccccc4)c(-c4ccc(CN5CCC(c6nc(-c7cnccn7)n[nH]6)CC5)cc4)nc3ccn12. The zero-order valence-electron chi connectivity index (χ0n) is 24.5. The summed E-state index contributed by atoms with van der Waals surface area (Å²) in [7, 11) is 0. The van der Waals surface area contributed by atoms with E-state index in [2.05, 4.69) is 77.7 Å². The van der Waals surface area contributed by atoms with Gasteiger partial charge in [0, 0.05) is 47.6 Å². The number of piperidine rings is 1. The van der Waals surface area contributed by atoms with Gasteiger partial charge in [-0.2, -0.15) is 5.10 Å². The van der Waals surface area contributed by atoms with E-state index in [-0.39, 0.29) is 6.61 Å². The standard InChI is InChI=1S/C34H30N10O/c45-21-30-39-42-34-27-18-26(23-4-2-1-3-5-23)31(37-28(27)12-17-44(30)34)24-8-6-22(7-9-24)20-43-15-10-25(11-16-43)32-38-33(41-40-32)29-19-35-13-14-36-29/h1-9,12-14,17-19,25,45H,10-11,15-16,20-21H2,(H,38,40,41). The number of nitrogens with zero attached hydrogens (tertiary/aromatic N) is 9. The molecule has 7 aromatic rings. The Morgan fingerprint density at radius 2 is 1.73 bits per heavy atom. The first-order chi connectivity index (χ1) is 22.2. The van der Waals surface area contributed by atoms with Crippen LogP contribution in [-0.4, -0.2) is 67.8 Å². The van der Waals surface area contributed by atoms with Gasteiger partial charge in [0.25, 0.3) is 0 Å². The second-order valence-corrected chi connectivity index (χ2v) is 11.3. The van der Waals surface area contributed by atoms with E-state index in [0.717, 1.165) is 71.6 Å². The van der Waals surface area contributed by atoms with Crippen molar-refractivity contribution in [1.82, 2.24) is 49.6 Å². The summed E-state index contributed by atoms with van der Waals surface area (Å²) in [5.74, 6) is 2.38. The lowest BCUT2D eigenvalue weighted by Crippen LogP contribution is -2.32. The summed E-state index contributed by atoms with van der Waals surface area (Å²) in [4.78, 5) is 20.8. The van der Waals surface area contributed by atoms with Crippen molar-refractivity contribution in [3.8, 4) is 33.9 Å². The second kappa shape index (κ2) is 11.6. The summed E-state index contributed by atoms with van der Waals surface area (Å²) in [6.45, 7) is 2.70. The maximum Gasteiger partial charge on any atom is 0.201 e. The van der Waals surface area contributed by atoms with E-state index < -0.39 is 0 Å². The molecule has 0 bridgehead atoms. The Balaban J connectivity index is 1.01. The van der Waals surface area contributed by atoms with Crippen LogP contribution in [0.15, 0.2) is 91.5 Å². The average molecular weight is 595 g/mol. The van der Waals surface area contributed by atoms with Crippen LogP contribution in [0.3, 0.4) is 0 Å². The van der Waals surface area contributed by atoms with Gasteiger partial charge in [0.2, 0.25) is 5.82 Å². The number of aliphatic hydroxyl groups excluding tert-OH is 1. The lowest BCUT2D eigenvalue weighted by Gasteiger charge is -2.31. The maximum absolute atomic E-state index is 9.69. The summed E-state index contributed by atoms with van der Waals surface area (Å²) >= 11 is 0. The van der Waals surface area contributed by atoms with Crippen LogP contribution < -0.4 is 0 Å². The Morgan fingerprint density at radius 3 is 2.51 bits per heavy atom. The number of benzene rings is 2. The minimum absolute atomic E-state index is 0.179. The largest absolute Gasteiger partial charge is 0.388 e. The molecule has 0 amide bonds. The van der Waals surface area contributed by atoms with Crippen LogP contribution in [0.1, 0.15) is 36.0 Å². The molecule has 8 rings (SSSR count). The van der Waals surface area contributed by atoms with Gasteiger partial charge in [-0.15, -0.1) is 10.2 Å². The zero-order valence-corrected chi connectivity index (χ0v) is 24.5. The van der Waals surface area contributed by atoms with E-state index in [9.17, 15) is 5.11 Å². The van der Waals surface area contributed by atoms with Crippen LogP contribution in [0.5, 0.6) is 0 Å². The van der Waals surface area contributed by atoms with Gasteiger partial charge in [-0.3, -0.25) is 19.4 Å². The fourth-order valence-electron chi connectivity index (χ4n) is 6.19. The number of hydrogen-bond acceptors (Lipinski definition) is 9. The normalized spacial score (nSPS) is 14.4. The van der Waals surface area contributed by atoms with Crippen LogP contribution in [0, 0.1) is 0 Å². The summed E-state index contributed by atoms with van der Waals surface area (Å²) in [5.41, 5.74) is 7.53. The van der Waals surface area contributed by atoms with Crippen molar-refractivity contribution in [2.45, 2.75) is 31.9 Å². The van der Waals surface area contributed by atoms with Gasteiger partial charge >= 0.3 is 0 Å². The molecule has 0 saturated carbocycles. The first kappa shape index (κ1) is 27.2. The lowest BCUT2D eigenvalue weighted by atomic mass is 9.95. The van der Waals surface area contributed by atoms with Gasteiger partial charge in [-0.05, 0) is 49.2 Å². The van der Waals surface area contributed by atoms with Gasteiger partial charge in [0.05, 0.1) is 17.4 Å². The summed E-state index contributed by atoms with van der Waals surface area (Å²) in [5, 5.41) is 26.6. The lowest BCUT2D eigenvalue weighted by molar-refractivity contribution is 0.202. The first-order valence-electron chi connectivity index (χ1n) is 15.1. The van der Waals surface area contributed by atoms with E-state index in [0.29, 0.717) is 28.9 Å². The van der Waals surface area contributed by atoms with Crippen LogP contribution in [0.4, 0.5) is 0 Å². The quantitative estimate of drug-likeness (QED) is 0.260. The van der Waals surface area contributed by atoms with Crippen LogP contribution in [0.2, 0.25) is 0 Å². The van der Waals surface area contributed by atoms with E-state index in [1.807, 2.05) is 34.9 Å². The highest BCUT2D eigenvalue weighted by Gasteiger charge is 2.24. The topological polar surface area (TPSA) is 134 Å². The molecule has 2 aromatic carbocycles. The van der Waals surface area contributed by atoms with Gasteiger partial charge in [0.1, 0.15) is 18.1 Å². The van der Waals surface area contributed by atoms with Crippen LogP contribution >= 0.6 is 0 Å². The molecular formula is C34H30N10O. The Morgan fingerprint density at radius 1 is 0.889 bits per heavy atom. The van der Waals surface area contributed by atoms with Gasteiger partial charge in [-0.1, -0.05) is 54.6 Å². The van der Waals surface area contributed by atoms with Crippen molar-refractivity contribution in [1.29, 1.82) is 0 Å². The molecule has 0 radical (unpaired) electrons. The van der Waals surface area contributed by atoms with Crippen molar-refractivity contribution in [2.24, 2.45) is 0 Å². The Labute approximate surface area is 258 Å². The molecule has 6 heterocycles. The molecule has 0 atom stereocenters. The van der Waals surface area contributed by atoms with E-state index in [4.69, 9.17) is 9.97 Å². The molecule has 11 heteroatoms. The first-order valence-corrected chi connectivity index (χ1v) is 15.1. The number of fused-ring (bicyclic) bond motifs is 3. The monoisotopic (exact) mass is 594 g/mol. The molecule has 5 aromatic heterocycles. The third-order valence-corrected chi connectivity index (χ3v) is 8.57. The molecule has 1 aliphatic heterocycles. The number of rotatable bonds is 7. The minimum atomic E-state index is -0.179. The number of aromatic amines is 1. The van der Waals surface area contributed by atoms with Crippen molar-refractivity contribution >= 4 is 16.6 Å². The molecule has 0 spiro atoms. The van der Waals surface area contributed by atoms with Crippen molar-refractivity contribution < 1.29 is 5.11 Å². The molecule has 45 heavy (non-hydrogen) atoms. The zero-order chi connectivity index (χ0) is 30.2. The molecule has 222 valence electrons. The number of nitrogens with one attached hydrogen (secondary N) is 1. The summed E-state index contributed by atoms with van der Waals surface area (Å²) in [6, 6.07) is 23.1. The third kappa shape index (κ3) is 5.22. The fraction of sp³-hybridized carbons (Fsp3) is 0.206. The average Bonchev–Trinajstić information content (AvgIpc) is 3.77. The number of aliphatic hydroxyl groups is 1. The summed E-state index contributed by atoms with van der Waals surface area (Å²) in [6.07, 6.45) is 8.90. The summed E-state index contributed by atoms with van der Waals surface area (Å²) < 4.78 is 1.82. The second-order valence-electron chi connectivity index (χ2n) is 11.3. The number of H-pyrrole nitrogens is 1. The smallest absolute Gasteiger partial charge is 0.201 e. The molecular weight excluding hydrogens is 564 g/mol. The van der Waals surface area contributed by atoms with Crippen molar-refractivity contribution in [2.75, 3.05) is 13.1 Å². The van der Waals surface area contributed by atoms with Crippen molar-refractivity contribution in [3.63, 3.8) is 0 Å². The third-order valence-electron chi connectivity index (χ3n) is 8.57. The van der Waals surface area contributed by atoms with Crippen LogP contribution in [0.25, 0.3) is 50.5 Å². The van der Waals surface area contributed by atoms with E-state index in [1.165, 1.54) is 5.56 Å². The van der Waals surface area contributed by atoms with Gasteiger partial charge < -0.3 is 5.11 Å². The maximum atomic E-state index is 9.69. The van der Waals surface area contributed by atoms with E-state index >= 15 is 0 Å². The Bertz CT molecular complexity index is 2080. The number of aromatic nitrogens is 9. The molecule has 1 aliphatic rings. The van der Waals surface area contributed by atoms with Gasteiger partial charge in [0.15, 0.2) is 11.5 Å². The molecule has 0 unspecified atom stereocenters.